The average molecular weight is 324 g/mol. The Kier molecular flexibility index (Phi) is 5.01. The van der Waals surface area contributed by atoms with Gasteiger partial charge in [0, 0.05) is 7.11 Å². The van der Waals surface area contributed by atoms with Crippen molar-refractivity contribution in [2.45, 2.75) is 56.9 Å². The molecule has 1 N–H and O–H groups in total. The van der Waals surface area contributed by atoms with Crippen LogP contribution in [0.1, 0.15) is 19.4 Å². The van der Waals surface area contributed by atoms with Crippen molar-refractivity contribution >= 4 is 0 Å². The molecular weight excluding hydrogens is 300 g/mol. The molecule has 0 radical (unpaired) electrons. The maximum atomic E-state index is 10.6. The van der Waals surface area contributed by atoms with Crippen molar-refractivity contribution in [3.05, 3.63) is 35.9 Å². The summed E-state index contributed by atoms with van der Waals surface area (Å²) in [6.45, 7) is 4.24. The number of aliphatic hydroxyl groups is 1. The number of hydrogen-bond acceptors (Lipinski definition) is 6. The van der Waals surface area contributed by atoms with Crippen molar-refractivity contribution in [3.8, 4) is 0 Å². The molecule has 1 aromatic rings. The molecule has 0 saturated carbocycles. The van der Waals surface area contributed by atoms with Gasteiger partial charge in [0.15, 0.2) is 12.1 Å². The van der Waals surface area contributed by atoms with E-state index in [4.69, 9.17) is 23.7 Å². The molecule has 2 aliphatic rings. The zero-order valence-corrected chi connectivity index (χ0v) is 13.7. The highest BCUT2D eigenvalue weighted by Crippen LogP contribution is 2.35. The van der Waals surface area contributed by atoms with Gasteiger partial charge in [-0.25, -0.2) is 0 Å². The summed E-state index contributed by atoms with van der Waals surface area (Å²) >= 11 is 0. The molecule has 0 amide bonds. The van der Waals surface area contributed by atoms with Crippen molar-refractivity contribution in [1.29, 1.82) is 0 Å². The Balaban J connectivity index is 1.67. The minimum absolute atomic E-state index is 0.217. The lowest BCUT2D eigenvalue weighted by Gasteiger charge is -2.29. The normalized spacial score (nSPS) is 36.4. The molecule has 0 aliphatic carbocycles. The van der Waals surface area contributed by atoms with Crippen LogP contribution in [0.4, 0.5) is 0 Å². The Morgan fingerprint density at radius 1 is 1.22 bits per heavy atom. The standard InChI is InChI=1S/C17H24O6/c1-17(2)22-15-14(19-3)13(18)12(10-21-16(15)23-17)20-9-11-7-5-4-6-8-11/h4-8,12-16,18H,9-10H2,1-3H3/t12-,13+,14-,15-,16-/m1/s1. The van der Waals surface area contributed by atoms with Crippen LogP contribution in [0.25, 0.3) is 0 Å². The van der Waals surface area contributed by atoms with Crippen LogP contribution in [0, 0.1) is 0 Å². The van der Waals surface area contributed by atoms with Crippen LogP contribution >= 0.6 is 0 Å². The number of aliphatic hydroxyl groups excluding tert-OH is 1. The third-order valence-electron chi connectivity index (χ3n) is 4.13. The summed E-state index contributed by atoms with van der Waals surface area (Å²) in [5, 5.41) is 10.6. The van der Waals surface area contributed by atoms with Crippen LogP contribution in [-0.2, 0) is 30.3 Å². The van der Waals surface area contributed by atoms with Gasteiger partial charge < -0.3 is 28.8 Å². The smallest absolute Gasteiger partial charge is 0.189 e. The fourth-order valence-electron chi connectivity index (χ4n) is 3.00. The van der Waals surface area contributed by atoms with Crippen LogP contribution < -0.4 is 0 Å². The molecule has 3 rings (SSSR count). The van der Waals surface area contributed by atoms with Crippen molar-refractivity contribution in [2.24, 2.45) is 0 Å². The molecule has 23 heavy (non-hydrogen) atoms. The third kappa shape index (κ3) is 3.74. The maximum absolute atomic E-state index is 10.6. The molecule has 1 aromatic carbocycles. The van der Waals surface area contributed by atoms with Crippen LogP contribution in [-0.4, -0.2) is 55.3 Å². The maximum Gasteiger partial charge on any atom is 0.189 e. The molecule has 128 valence electrons. The van der Waals surface area contributed by atoms with Gasteiger partial charge in [0.2, 0.25) is 0 Å². The molecular formula is C17H24O6. The summed E-state index contributed by atoms with van der Waals surface area (Å²) < 4.78 is 28.6. The van der Waals surface area contributed by atoms with Crippen LogP contribution in [0.15, 0.2) is 30.3 Å². The Morgan fingerprint density at radius 2 is 1.96 bits per heavy atom. The molecule has 6 heteroatoms. The highest BCUT2D eigenvalue weighted by atomic mass is 16.8. The molecule has 0 spiro atoms. The topological polar surface area (TPSA) is 66.4 Å². The SMILES string of the molecule is CO[C@@H]1[C@@H](O)[C@H](OCc2ccccc2)CO[C@@H]2OC(C)(C)O[C@@H]21. The zero-order chi connectivity index (χ0) is 16.4. The molecule has 2 heterocycles. The fourth-order valence-corrected chi connectivity index (χ4v) is 3.00. The second-order valence-corrected chi connectivity index (χ2v) is 6.33. The minimum atomic E-state index is -0.865. The second-order valence-electron chi connectivity index (χ2n) is 6.33. The summed E-state index contributed by atoms with van der Waals surface area (Å²) in [7, 11) is 1.54. The summed E-state index contributed by atoms with van der Waals surface area (Å²) in [6, 6.07) is 9.80. The number of benzene rings is 1. The lowest BCUT2D eigenvalue weighted by molar-refractivity contribution is -0.209. The van der Waals surface area contributed by atoms with E-state index in [2.05, 4.69) is 0 Å². The number of methoxy groups -OCH3 is 1. The summed E-state index contributed by atoms with van der Waals surface area (Å²) in [5.74, 6) is -0.760. The summed E-state index contributed by atoms with van der Waals surface area (Å²) in [6.07, 6.45) is -3.02. The van der Waals surface area contributed by atoms with Crippen molar-refractivity contribution in [2.75, 3.05) is 13.7 Å². The molecule has 2 saturated heterocycles. The van der Waals surface area contributed by atoms with E-state index in [1.54, 1.807) is 7.11 Å². The molecule has 2 aliphatic heterocycles. The van der Waals surface area contributed by atoms with Crippen molar-refractivity contribution in [1.82, 2.24) is 0 Å². The Bertz CT molecular complexity index is 505. The first kappa shape index (κ1) is 16.8. The Hall–Kier alpha value is -1.02. The number of hydrogen-bond donors (Lipinski definition) is 1. The van der Waals surface area contributed by atoms with Crippen molar-refractivity contribution < 1.29 is 28.8 Å². The average Bonchev–Trinajstić information content (AvgIpc) is 2.77. The van der Waals surface area contributed by atoms with Gasteiger partial charge in [0.1, 0.15) is 24.4 Å². The van der Waals surface area contributed by atoms with Gasteiger partial charge in [-0.1, -0.05) is 30.3 Å². The quantitative estimate of drug-likeness (QED) is 0.904. The van der Waals surface area contributed by atoms with E-state index in [0.29, 0.717) is 6.61 Å². The van der Waals surface area contributed by atoms with Gasteiger partial charge in [-0.05, 0) is 19.4 Å². The van der Waals surface area contributed by atoms with Gasteiger partial charge in [-0.15, -0.1) is 0 Å². The third-order valence-corrected chi connectivity index (χ3v) is 4.13. The second kappa shape index (κ2) is 6.84. The van der Waals surface area contributed by atoms with Crippen molar-refractivity contribution in [3.63, 3.8) is 0 Å². The Labute approximate surface area is 136 Å². The van der Waals surface area contributed by atoms with E-state index >= 15 is 0 Å². The Morgan fingerprint density at radius 3 is 2.65 bits per heavy atom. The summed E-state index contributed by atoms with van der Waals surface area (Å²) in [4.78, 5) is 0. The molecule has 5 atom stereocenters. The van der Waals surface area contributed by atoms with Crippen LogP contribution in [0.2, 0.25) is 0 Å². The number of rotatable bonds is 4. The molecule has 6 nitrogen and oxygen atoms in total. The molecule has 0 unspecified atom stereocenters. The fraction of sp³-hybridized carbons (Fsp3) is 0.647. The van der Waals surface area contributed by atoms with E-state index in [0.717, 1.165) is 5.56 Å². The molecule has 2 fully saturated rings. The summed E-state index contributed by atoms with van der Waals surface area (Å²) in [5.41, 5.74) is 1.03. The van der Waals surface area contributed by atoms with Gasteiger partial charge in [-0.3, -0.25) is 0 Å². The van der Waals surface area contributed by atoms with E-state index in [1.807, 2.05) is 44.2 Å². The molecule has 0 aromatic heterocycles. The molecule has 0 bridgehead atoms. The van der Waals surface area contributed by atoms with Gasteiger partial charge in [0.25, 0.3) is 0 Å². The largest absolute Gasteiger partial charge is 0.387 e. The van der Waals surface area contributed by atoms with E-state index < -0.39 is 36.5 Å². The first-order valence-electron chi connectivity index (χ1n) is 7.84. The van der Waals surface area contributed by atoms with Gasteiger partial charge in [0.05, 0.1) is 13.2 Å². The van der Waals surface area contributed by atoms with Crippen LogP contribution in [0.5, 0.6) is 0 Å². The predicted molar refractivity (Wildman–Crippen MR) is 81.6 cm³/mol. The van der Waals surface area contributed by atoms with E-state index in [9.17, 15) is 5.11 Å². The number of ether oxygens (including phenoxy) is 5. The predicted octanol–water partition coefficient (Wildman–Crippen LogP) is 1.46. The highest BCUT2D eigenvalue weighted by Gasteiger charge is 2.52. The van der Waals surface area contributed by atoms with Gasteiger partial charge in [-0.2, -0.15) is 0 Å². The monoisotopic (exact) mass is 324 g/mol. The highest BCUT2D eigenvalue weighted by molar-refractivity contribution is 5.13. The first-order chi connectivity index (χ1) is 11.0. The first-order valence-corrected chi connectivity index (χ1v) is 7.84. The lowest BCUT2D eigenvalue weighted by atomic mass is 10.0. The van der Waals surface area contributed by atoms with E-state index in [1.165, 1.54) is 0 Å². The van der Waals surface area contributed by atoms with Crippen LogP contribution in [0.3, 0.4) is 0 Å². The van der Waals surface area contributed by atoms with Gasteiger partial charge >= 0.3 is 0 Å². The van der Waals surface area contributed by atoms with E-state index in [-0.39, 0.29) is 6.61 Å². The minimum Gasteiger partial charge on any atom is -0.387 e. The number of fused-ring (bicyclic) bond motifs is 1. The zero-order valence-electron chi connectivity index (χ0n) is 13.7. The lowest BCUT2D eigenvalue weighted by Crippen LogP contribution is -2.47.